The van der Waals surface area contributed by atoms with Crippen LogP contribution in [0, 0.1) is 5.41 Å². The summed E-state index contributed by atoms with van der Waals surface area (Å²) >= 11 is 6.38. The van der Waals surface area contributed by atoms with E-state index in [1.807, 2.05) is 4.90 Å². The first kappa shape index (κ1) is 23.2. The van der Waals surface area contributed by atoms with Crippen LogP contribution >= 0.6 is 11.6 Å². The molecule has 1 aliphatic carbocycles. The van der Waals surface area contributed by atoms with Crippen LogP contribution in [0.1, 0.15) is 53.9 Å². The molecule has 180 valence electrons. The Morgan fingerprint density at radius 1 is 1.12 bits per heavy atom. The van der Waals surface area contributed by atoms with Crippen molar-refractivity contribution in [3.63, 3.8) is 0 Å². The zero-order valence-corrected chi connectivity index (χ0v) is 20.4. The molecule has 1 amide bonds. The zero-order valence-electron chi connectivity index (χ0n) is 19.6. The van der Waals surface area contributed by atoms with E-state index >= 15 is 0 Å². The number of amides is 1. The number of ether oxygens (including phenoxy) is 3. The standard InChI is InChI=1S/C27H30ClNO5/c1-32-24-20(14-19(15-22(24)28)26(31)33-2)17-5-7-18(8-6-17)21-16-27(21)9-11-29(12-10-27)25(30)23-4-3-13-34-23/h5-8,14-15,21,23H,3-4,9-13,16H2,1-2H3. The van der Waals surface area contributed by atoms with Crippen molar-refractivity contribution in [2.24, 2.45) is 5.41 Å². The monoisotopic (exact) mass is 483 g/mol. The maximum atomic E-state index is 12.7. The number of piperidine rings is 1. The van der Waals surface area contributed by atoms with Crippen LogP contribution in [0.25, 0.3) is 11.1 Å². The second-order valence-corrected chi connectivity index (χ2v) is 10.0. The van der Waals surface area contributed by atoms with Crippen molar-refractivity contribution >= 4 is 23.5 Å². The van der Waals surface area contributed by atoms with E-state index in [0.717, 1.165) is 49.9 Å². The molecule has 2 aromatic rings. The molecule has 34 heavy (non-hydrogen) atoms. The summed E-state index contributed by atoms with van der Waals surface area (Å²) in [6.45, 7) is 2.35. The van der Waals surface area contributed by atoms with Crippen molar-refractivity contribution in [1.29, 1.82) is 0 Å². The van der Waals surface area contributed by atoms with Crippen LogP contribution in [0.2, 0.25) is 5.02 Å². The van der Waals surface area contributed by atoms with Crippen molar-refractivity contribution < 1.29 is 23.8 Å². The van der Waals surface area contributed by atoms with Crippen LogP contribution in [0.3, 0.4) is 0 Å². The molecule has 2 aromatic carbocycles. The highest BCUT2D eigenvalue weighted by Gasteiger charge is 2.55. The van der Waals surface area contributed by atoms with E-state index in [4.69, 9.17) is 25.8 Å². The van der Waals surface area contributed by atoms with E-state index < -0.39 is 5.97 Å². The lowest BCUT2D eigenvalue weighted by Gasteiger charge is -2.34. The summed E-state index contributed by atoms with van der Waals surface area (Å²) in [6, 6.07) is 11.8. The Hall–Kier alpha value is -2.57. The van der Waals surface area contributed by atoms with Gasteiger partial charge >= 0.3 is 5.97 Å². The van der Waals surface area contributed by atoms with E-state index in [9.17, 15) is 9.59 Å². The van der Waals surface area contributed by atoms with Crippen molar-refractivity contribution in [3.8, 4) is 16.9 Å². The van der Waals surface area contributed by atoms with E-state index in [2.05, 4.69) is 24.3 Å². The Labute approximate surface area is 205 Å². The lowest BCUT2D eigenvalue weighted by atomic mass is 9.88. The molecule has 2 atom stereocenters. The molecule has 0 N–H and O–H groups in total. The number of hydrogen-bond acceptors (Lipinski definition) is 5. The van der Waals surface area contributed by atoms with Gasteiger partial charge in [0.2, 0.25) is 0 Å². The second-order valence-electron chi connectivity index (χ2n) is 9.60. The predicted octanol–water partition coefficient (Wildman–Crippen LogP) is 5.08. The minimum Gasteiger partial charge on any atom is -0.495 e. The van der Waals surface area contributed by atoms with E-state index in [-0.39, 0.29) is 12.0 Å². The molecule has 6 nitrogen and oxygen atoms in total. The number of benzene rings is 2. The van der Waals surface area contributed by atoms with Crippen LogP contribution in [0.5, 0.6) is 5.75 Å². The van der Waals surface area contributed by atoms with Gasteiger partial charge < -0.3 is 19.1 Å². The largest absolute Gasteiger partial charge is 0.495 e. The van der Waals surface area contributed by atoms with Gasteiger partial charge in [0.05, 0.1) is 24.8 Å². The molecule has 7 heteroatoms. The Morgan fingerprint density at radius 3 is 2.47 bits per heavy atom. The van der Waals surface area contributed by atoms with E-state index in [1.165, 1.54) is 19.1 Å². The fourth-order valence-electron chi connectivity index (χ4n) is 5.67. The van der Waals surface area contributed by atoms with Crippen LogP contribution < -0.4 is 4.74 Å². The van der Waals surface area contributed by atoms with Gasteiger partial charge in [-0.05, 0) is 66.7 Å². The Balaban J connectivity index is 1.28. The maximum Gasteiger partial charge on any atom is 0.337 e. The SMILES string of the molecule is COC(=O)c1cc(Cl)c(OC)c(-c2ccc(C3CC34CCN(C(=O)C3CCCO3)CC4)cc2)c1. The first-order chi connectivity index (χ1) is 16.5. The molecule has 5 rings (SSSR count). The summed E-state index contributed by atoms with van der Waals surface area (Å²) in [5, 5.41) is 0.370. The fourth-order valence-corrected chi connectivity index (χ4v) is 5.96. The van der Waals surface area contributed by atoms with Crippen LogP contribution in [0.15, 0.2) is 36.4 Å². The molecular weight excluding hydrogens is 454 g/mol. The molecule has 0 aromatic heterocycles. The molecule has 2 saturated heterocycles. The Morgan fingerprint density at radius 2 is 1.85 bits per heavy atom. The average Bonchev–Trinajstić information content (AvgIpc) is 3.28. The van der Waals surface area contributed by atoms with Gasteiger partial charge in [-0.15, -0.1) is 0 Å². The number of methoxy groups -OCH3 is 2. The van der Waals surface area contributed by atoms with Crippen molar-refractivity contribution in [2.45, 2.75) is 44.1 Å². The molecule has 0 bridgehead atoms. The van der Waals surface area contributed by atoms with Gasteiger partial charge in [0, 0.05) is 25.3 Å². The minimum absolute atomic E-state index is 0.177. The van der Waals surface area contributed by atoms with Gasteiger partial charge in [-0.2, -0.15) is 0 Å². The third kappa shape index (κ3) is 4.18. The second kappa shape index (κ2) is 9.23. The number of esters is 1. The molecule has 3 fully saturated rings. The lowest BCUT2D eigenvalue weighted by molar-refractivity contribution is -0.142. The third-order valence-corrected chi connectivity index (χ3v) is 8.04. The zero-order chi connectivity index (χ0) is 23.9. The van der Waals surface area contributed by atoms with E-state index in [0.29, 0.717) is 34.3 Å². The topological polar surface area (TPSA) is 65.1 Å². The lowest BCUT2D eigenvalue weighted by Crippen LogP contribution is -2.44. The summed E-state index contributed by atoms with van der Waals surface area (Å²) in [7, 11) is 2.92. The number of likely N-dealkylation sites (tertiary alicyclic amines) is 1. The normalized spacial score (nSPS) is 23.1. The van der Waals surface area contributed by atoms with Gasteiger partial charge in [0.15, 0.2) is 0 Å². The molecule has 1 saturated carbocycles. The third-order valence-electron chi connectivity index (χ3n) is 7.76. The smallest absolute Gasteiger partial charge is 0.337 e. The van der Waals surface area contributed by atoms with E-state index in [1.54, 1.807) is 19.2 Å². The molecule has 2 unspecified atom stereocenters. The quantitative estimate of drug-likeness (QED) is 0.555. The number of nitrogens with zero attached hydrogens (tertiary/aromatic N) is 1. The fraction of sp³-hybridized carbons (Fsp3) is 0.481. The van der Waals surface area contributed by atoms with Gasteiger partial charge in [0.1, 0.15) is 11.9 Å². The first-order valence-corrected chi connectivity index (χ1v) is 12.3. The molecule has 2 aliphatic heterocycles. The highest BCUT2D eigenvalue weighted by molar-refractivity contribution is 6.33. The van der Waals surface area contributed by atoms with Crippen LogP contribution in [0.4, 0.5) is 0 Å². The highest BCUT2D eigenvalue weighted by Crippen LogP contribution is 2.65. The first-order valence-electron chi connectivity index (χ1n) is 11.9. The van der Waals surface area contributed by atoms with Crippen LogP contribution in [-0.4, -0.2) is 56.8 Å². The summed E-state index contributed by atoms with van der Waals surface area (Å²) in [6.07, 6.45) is 4.87. The number of rotatable bonds is 5. The van der Waals surface area contributed by atoms with Crippen LogP contribution in [-0.2, 0) is 14.3 Å². The number of hydrogen-bond donors (Lipinski definition) is 0. The minimum atomic E-state index is -0.438. The average molecular weight is 484 g/mol. The summed E-state index contributed by atoms with van der Waals surface area (Å²) < 4.78 is 16.0. The molecule has 2 heterocycles. The van der Waals surface area contributed by atoms with Crippen molar-refractivity contribution in [1.82, 2.24) is 4.90 Å². The number of halogens is 1. The molecule has 0 radical (unpaired) electrons. The summed E-state index contributed by atoms with van der Waals surface area (Å²) in [5.74, 6) is 0.795. The van der Waals surface area contributed by atoms with Crippen molar-refractivity contribution in [2.75, 3.05) is 33.9 Å². The van der Waals surface area contributed by atoms with Gasteiger partial charge in [-0.3, -0.25) is 4.79 Å². The van der Waals surface area contributed by atoms with Gasteiger partial charge in [0.25, 0.3) is 5.91 Å². The Kier molecular flexibility index (Phi) is 6.30. The molecule has 3 aliphatic rings. The summed E-state index contributed by atoms with van der Waals surface area (Å²) in [5.41, 5.74) is 3.70. The van der Waals surface area contributed by atoms with Gasteiger partial charge in [-0.1, -0.05) is 35.9 Å². The number of carbonyl (C=O) groups excluding carboxylic acids is 2. The maximum absolute atomic E-state index is 12.7. The highest BCUT2D eigenvalue weighted by atomic mass is 35.5. The Bertz CT molecular complexity index is 1080. The van der Waals surface area contributed by atoms with Gasteiger partial charge in [-0.25, -0.2) is 4.79 Å². The molecule has 1 spiro atoms. The molecular formula is C27H30ClNO5. The number of carbonyl (C=O) groups is 2. The summed E-state index contributed by atoms with van der Waals surface area (Å²) in [4.78, 5) is 26.7. The predicted molar refractivity (Wildman–Crippen MR) is 129 cm³/mol. The van der Waals surface area contributed by atoms with Crippen molar-refractivity contribution in [3.05, 3.63) is 52.5 Å².